The van der Waals surface area contributed by atoms with Gasteiger partial charge in [-0.3, -0.25) is 0 Å². The number of benzene rings is 1. The number of ether oxygens (including phenoxy) is 1. The van der Waals surface area contributed by atoms with E-state index in [0.29, 0.717) is 6.07 Å². The van der Waals surface area contributed by atoms with E-state index in [-0.39, 0.29) is 11.1 Å². The van der Waals surface area contributed by atoms with Gasteiger partial charge in [-0.1, -0.05) is 0 Å². The predicted octanol–water partition coefficient (Wildman–Crippen LogP) is 1.86. The molecule has 0 aromatic heterocycles. The van der Waals surface area contributed by atoms with Gasteiger partial charge in [0.25, 0.3) is 0 Å². The van der Waals surface area contributed by atoms with Crippen molar-refractivity contribution in [3.63, 3.8) is 0 Å². The van der Waals surface area contributed by atoms with E-state index >= 15 is 0 Å². The van der Waals surface area contributed by atoms with Crippen LogP contribution in [0.5, 0.6) is 0 Å². The lowest BCUT2D eigenvalue weighted by atomic mass is 9.96. The Bertz CT molecular complexity index is 517. The van der Waals surface area contributed by atoms with Crippen molar-refractivity contribution in [2.24, 2.45) is 0 Å². The van der Waals surface area contributed by atoms with Crippen LogP contribution in [0.1, 0.15) is 27.0 Å². The Balaban J connectivity index is 3.66. The Kier molecular flexibility index (Phi) is 3.93. The molecule has 18 heavy (non-hydrogen) atoms. The molecule has 0 saturated carbocycles. The lowest BCUT2D eigenvalue weighted by Gasteiger charge is -2.15. The van der Waals surface area contributed by atoms with Crippen molar-refractivity contribution < 1.29 is 27.8 Å². The minimum Gasteiger partial charge on any atom is -0.465 e. The molecule has 0 heterocycles. The van der Waals surface area contributed by atoms with E-state index in [1.165, 1.54) is 0 Å². The van der Waals surface area contributed by atoms with Gasteiger partial charge in [0.1, 0.15) is 0 Å². The first-order valence-electron chi connectivity index (χ1n) is 4.69. The van der Waals surface area contributed by atoms with Crippen LogP contribution in [0.25, 0.3) is 0 Å². The molecular formula is C11H8F3NO3. The summed E-state index contributed by atoms with van der Waals surface area (Å²) < 4.78 is 42.4. The molecule has 0 fully saturated rings. The largest absolute Gasteiger partial charge is 0.465 e. The summed E-state index contributed by atoms with van der Waals surface area (Å²) in [5.74, 6) is -1.25. The number of hydrogen-bond donors (Lipinski definition) is 1. The number of methoxy groups -OCH3 is 1. The highest BCUT2D eigenvalue weighted by molar-refractivity contribution is 5.93. The van der Waals surface area contributed by atoms with Crippen molar-refractivity contribution in [3.8, 4) is 6.07 Å². The fourth-order valence-electron chi connectivity index (χ4n) is 1.49. The molecule has 0 aliphatic heterocycles. The summed E-state index contributed by atoms with van der Waals surface area (Å²) in [4.78, 5) is 11.4. The van der Waals surface area contributed by atoms with Gasteiger partial charge in [0.2, 0.25) is 0 Å². The molecular weight excluding hydrogens is 251 g/mol. The number of carbonyl (C=O) groups excluding carboxylic acids is 1. The number of alkyl halides is 3. The fourth-order valence-corrected chi connectivity index (χ4v) is 1.49. The summed E-state index contributed by atoms with van der Waals surface area (Å²) in [5.41, 5.74) is -2.66. The standard InChI is InChI=1S/C11H8F3NO3/c1-18-10(17)9-7(5-16)6(4-15)2-3-8(9)11(12,13)14/h2-3,16H,5H2,1H3. The average molecular weight is 259 g/mol. The number of esters is 1. The third-order valence-electron chi connectivity index (χ3n) is 2.29. The van der Waals surface area contributed by atoms with E-state index < -0.39 is 29.9 Å². The Morgan fingerprint density at radius 1 is 1.50 bits per heavy atom. The minimum atomic E-state index is -4.78. The lowest BCUT2D eigenvalue weighted by Crippen LogP contribution is -2.17. The summed E-state index contributed by atoms with van der Waals surface area (Å²) in [5, 5.41) is 17.8. The molecule has 0 atom stereocenters. The van der Waals surface area contributed by atoms with Gasteiger partial charge in [0.05, 0.1) is 36.5 Å². The van der Waals surface area contributed by atoms with Gasteiger partial charge in [-0.25, -0.2) is 4.79 Å². The number of carbonyl (C=O) groups is 1. The molecule has 0 unspecified atom stereocenters. The Labute approximate surface area is 100 Å². The molecule has 4 nitrogen and oxygen atoms in total. The lowest BCUT2D eigenvalue weighted by molar-refractivity contribution is -0.138. The highest BCUT2D eigenvalue weighted by Crippen LogP contribution is 2.34. The average Bonchev–Trinajstić information content (AvgIpc) is 2.34. The van der Waals surface area contributed by atoms with Crippen LogP contribution in [-0.4, -0.2) is 18.2 Å². The molecule has 1 rings (SSSR count). The zero-order chi connectivity index (χ0) is 13.9. The van der Waals surface area contributed by atoms with Gasteiger partial charge in [0, 0.05) is 5.56 Å². The Morgan fingerprint density at radius 3 is 2.50 bits per heavy atom. The summed E-state index contributed by atoms with van der Waals surface area (Å²) >= 11 is 0. The number of nitrogens with zero attached hydrogens (tertiary/aromatic N) is 1. The van der Waals surface area contributed by atoms with Crippen molar-refractivity contribution in [2.45, 2.75) is 12.8 Å². The molecule has 0 amide bonds. The first-order chi connectivity index (χ1) is 8.36. The van der Waals surface area contributed by atoms with E-state index in [4.69, 9.17) is 10.4 Å². The molecule has 0 aliphatic rings. The van der Waals surface area contributed by atoms with Crippen molar-refractivity contribution in [3.05, 3.63) is 34.4 Å². The molecule has 1 aromatic carbocycles. The maximum atomic E-state index is 12.7. The number of nitriles is 1. The van der Waals surface area contributed by atoms with Gasteiger partial charge < -0.3 is 9.84 Å². The molecule has 96 valence electrons. The number of aliphatic hydroxyl groups is 1. The summed E-state index contributed by atoms with van der Waals surface area (Å²) in [7, 11) is 0.919. The molecule has 0 bridgehead atoms. The minimum absolute atomic E-state index is 0.203. The number of aliphatic hydroxyl groups excluding tert-OH is 1. The second-order valence-electron chi connectivity index (χ2n) is 3.27. The van der Waals surface area contributed by atoms with Gasteiger partial charge in [-0.05, 0) is 12.1 Å². The van der Waals surface area contributed by atoms with Crippen LogP contribution in [-0.2, 0) is 17.5 Å². The van der Waals surface area contributed by atoms with Crippen LogP contribution in [0, 0.1) is 11.3 Å². The van der Waals surface area contributed by atoms with Crippen molar-refractivity contribution >= 4 is 5.97 Å². The maximum absolute atomic E-state index is 12.7. The zero-order valence-electron chi connectivity index (χ0n) is 9.21. The van der Waals surface area contributed by atoms with E-state index in [2.05, 4.69) is 4.74 Å². The molecule has 0 saturated heterocycles. The van der Waals surface area contributed by atoms with Crippen LogP contribution in [0.15, 0.2) is 12.1 Å². The van der Waals surface area contributed by atoms with Gasteiger partial charge in [-0.2, -0.15) is 18.4 Å². The van der Waals surface area contributed by atoms with Crippen LogP contribution in [0.4, 0.5) is 13.2 Å². The van der Waals surface area contributed by atoms with Gasteiger partial charge >= 0.3 is 12.1 Å². The molecule has 7 heteroatoms. The van der Waals surface area contributed by atoms with Crippen molar-refractivity contribution in [2.75, 3.05) is 7.11 Å². The molecule has 0 aliphatic carbocycles. The van der Waals surface area contributed by atoms with Crippen molar-refractivity contribution in [1.29, 1.82) is 5.26 Å². The van der Waals surface area contributed by atoms with E-state index in [1.54, 1.807) is 6.07 Å². The van der Waals surface area contributed by atoms with E-state index in [9.17, 15) is 18.0 Å². The predicted molar refractivity (Wildman–Crippen MR) is 53.4 cm³/mol. The Morgan fingerprint density at radius 2 is 2.11 bits per heavy atom. The summed E-state index contributed by atoms with van der Waals surface area (Å²) in [6, 6.07) is 3.13. The first-order valence-corrected chi connectivity index (χ1v) is 4.69. The monoisotopic (exact) mass is 259 g/mol. The molecule has 0 spiro atoms. The highest BCUT2D eigenvalue weighted by atomic mass is 19.4. The number of rotatable bonds is 2. The number of hydrogen-bond acceptors (Lipinski definition) is 4. The highest BCUT2D eigenvalue weighted by Gasteiger charge is 2.37. The second kappa shape index (κ2) is 5.06. The molecule has 1 N–H and O–H groups in total. The smallest absolute Gasteiger partial charge is 0.417 e. The SMILES string of the molecule is COC(=O)c1c(C(F)(F)F)ccc(C#N)c1CO. The first kappa shape index (κ1) is 14.0. The quantitative estimate of drug-likeness (QED) is 0.823. The van der Waals surface area contributed by atoms with Crippen LogP contribution in [0.3, 0.4) is 0 Å². The third-order valence-corrected chi connectivity index (χ3v) is 2.29. The van der Waals surface area contributed by atoms with E-state index in [0.717, 1.165) is 13.2 Å². The second-order valence-corrected chi connectivity index (χ2v) is 3.27. The Hall–Kier alpha value is -2.07. The molecule has 1 aromatic rings. The maximum Gasteiger partial charge on any atom is 0.417 e. The molecule has 0 radical (unpaired) electrons. The van der Waals surface area contributed by atoms with Crippen molar-refractivity contribution in [1.82, 2.24) is 0 Å². The summed E-state index contributed by atoms with van der Waals surface area (Å²) in [6.07, 6.45) is -4.78. The normalized spacial score (nSPS) is 10.9. The van der Waals surface area contributed by atoms with Crippen LogP contribution < -0.4 is 0 Å². The summed E-state index contributed by atoms with van der Waals surface area (Å²) in [6.45, 7) is -0.864. The van der Waals surface area contributed by atoms with Crippen LogP contribution >= 0.6 is 0 Å². The topological polar surface area (TPSA) is 70.3 Å². The van der Waals surface area contributed by atoms with E-state index in [1.807, 2.05) is 0 Å². The van der Waals surface area contributed by atoms with Gasteiger partial charge in [-0.15, -0.1) is 0 Å². The van der Waals surface area contributed by atoms with Crippen LogP contribution in [0.2, 0.25) is 0 Å². The van der Waals surface area contributed by atoms with Gasteiger partial charge in [0.15, 0.2) is 0 Å². The number of halogens is 3. The zero-order valence-corrected chi connectivity index (χ0v) is 9.21. The third kappa shape index (κ3) is 2.43. The fraction of sp³-hybridized carbons (Fsp3) is 0.273.